The lowest BCUT2D eigenvalue weighted by Gasteiger charge is -2.40. The van der Waals surface area contributed by atoms with Gasteiger partial charge in [0.05, 0.1) is 6.10 Å². The van der Waals surface area contributed by atoms with Crippen LogP contribution < -0.4 is 5.32 Å². The predicted octanol–water partition coefficient (Wildman–Crippen LogP) is 2.25. The number of aliphatic hydroxyl groups is 1. The van der Waals surface area contributed by atoms with Crippen LogP contribution in [0.5, 0.6) is 0 Å². The molecule has 0 aromatic heterocycles. The number of aliphatic hydroxyl groups excluding tert-OH is 1. The van der Waals surface area contributed by atoms with E-state index >= 15 is 0 Å². The molecule has 3 nitrogen and oxygen atoms in total. The summed E-state index contributed by atoms with van der Waals surface area (Å²) in [5.74, 6) is 0.638. The molecule has 1 saturated carbocycles. The standard InChI is InChI=1S/C16H32N2O/c1-5-18-10-12(9-15(19)16(2,3)4)8-14(11-18)17-13-6-7-13/h12-15,17,19H,5-11H2,1-4H3. The highest BCUT2D eigenvalue weighted by molar-refractivity contribution is 4.91. The first-order chi connectivity index (χ1) is 8.88. The maximum Gasteiger partial charge on any atom is 0.0591 e. The van der Waals surface area contributed by atoms with Gasteiger partial charge in [0.2, 0.25) is 0 Å². The van der Waals surface area contributed by atoms with Crippen LogP contribution in [0.25, 0.3) is 0 Å². The van der Waals surface area contributed by atoms with Gasteiger partial charge in [0, 0.05) is 25.2 Å². The van der Waals surface area contributed by atoms with Crippen LogP contribution in [0, 0.1) is 11.3 Å². The van der Waals surface area contributed by atoms with E-state index in [0.717, 1.165) is 25.6 Å². The molecule has 2 aliphatic rings. The van der Waals surface area contributed by atoms with Gasteiger partial charge in [-0.1, -0.05) is 27.7 Å². The van der Waals surface area contributed by atoms with Crippen molar-refractivity contribution in [2.45, 2.75) is 71.6 Å². The Morgan fingerprint density at radius 3 is 2.42 bits per heavy atom. The second-order valence-corrected chi connectivity index (χ2v) is 7.71. The molecule has 2 fully saturated rings. The minimum absolute atomic E-state index is 0.00785. The highest BCUT2D eigenvalue weighted by atomic mass is 16.3. The number of likely N-dealkylation sites (N-methyl/N-ethyl adjacent to an activating group) is 1. The van der Waals surface area contributed by atoms with Crippen molar-refractivity contribution in [3.05, 3.63) is 0 Å². The van der Waals surface area contributed by atoms with Crippen LogP contribution in [0.2, 0.25) is 0 Å². The van der Waals surface area contributed by atoms with E-state index in [1.54, 1.807) is 0 Å². The fourth-order valence-electron chi connectivity index (χ4n) is 3.11. The highest BCUT2D eigenvalue weighted by Crippen LogP contribution is 2.30. The molecule has 2 rings (SSSR count). The molecule has 0 aromatic carbocycles. The van der Waals surface area contributed by atoms with E-state index in [9.17, 15) is 5.11 Å². The zero-order valence-electron chi connectivity index (χ0n) is 13.2. The van der Waals surface area contributed by atoms with E-state index in [2.05, 4.69) is 37.9 Å². The lowest BCUT2D eigenvalue weighted by molar-refractivity contribution is 0.0227. The summed E-state index contributed by atoms with van der Waals surface area (Å²) in [7, 11) is 0. The molecule has 0 aromatic rings. The van der Waals surface area contributed by atoms with Crippen molar-refractivity contribution >= 4 is 0 Å². The van der Waals surface area contributed by atoms with E-state index in [-0.39, 0.29) is 11.5 Å². The quantitative estimate of drug-likeness (QED) is 0.803. The Balaban J connectivity index is 1.87. The number of hydrogen-bond acceptors (Lipinski definition) is 3. The maximum absolute atomic E-state index is 10.3. The van der Waals surface area contributed by atoms with Crippen LogP contribution in [0.1, 0.15) is 53.4 Å². The molecule has 0 amide bonds. The van der Waals surface area contributed by atoms with Crippen LogP contribution in [0.3, 0.4) is 0 Å². The molecule has 1 heterocycles. The lowest BCUT2D eigenvalue weighted by atomic mass is 9.80. The van der Waals surface area contributed by atoms with Crippen molar-refractivity contribution < 1.29 is 5.11 Å². The molecule has 0 spiro atoms. The molecule has 1 aliphatic carbocycles. The summed E-state index contributed by atoms with van der Waals surface area (Å²) >= 11 is 0. The van der Waals surface area contributed by atoms with Gasteiger partial charge in [0.1, 0.15) is 0 Å². The Morgan fingerprint density at radius 2 is 1.89 bits per heavy atom. The first kappa shape index (κ1) is 15.3. The molecule has 3 heteroatoms. The molecular weight excluding hydrogens is 236 g/mol. The number of rotatable bonds is 5. The summed E-state index contributed by atoms with van der Waals surface area (Å²) in [6, 6.07) is 1.42. The number of piperidine rings is 1. The third-order valence-corrected chi connectivity index (χ3v) is 4.67. The second-order valence-electron chi connectivity index (χ2n) is 7.71. The summed E-state index contributed by atoms with van der Waals surface area (Å²) in [5, 5.41) is 14.1. The molecule has 19 heavy (non-hydrogen) atoms. The van der Waals surface area contributed by atoms with Crippen LogP contribution in [-0.2, 0) is 0 Å². The first-order valence-electron chi connectivity index (χ1n) is 8.05. The minimum atomic E-state index is -0.184. The number of likely N-dealkylation sites (tertiary alicyclic amines) is 1. The van der Waals surface area contributed by atoms with E-state index in [4.69, 9.17) is 0 Å². The third kappa shape index (κ3) is 4.73. The average Bonchev–Trinajstić information content (AvgIpc) is 3.11. The summed E-state index contributed by atoms with van der Waals surface area (Å²) in [6.45, 7) is 12.1. The smallest absolute Gasteiger partial charge is 0.0591 e. The highest BCUT2D eigenvalue weighted by Gasteiger charge is 2.33. The summed E-state index contributed by atoms with van der Waals surface area (Å²) in [4.78, 5) is 2.55. The van der Waals surface area contributed by atoms with Crippen molar-refractivity contribution in [1.29, 1.82) is 0 Å². The molecule has 3 atom stereocenters. The van der Waals surface area contributed by atoms with Gasteiger partial charge in [0.25, 0.3) is 0 Å². The number of nitrogens with one attached hydrogen (secondary N) is 1. The van der Waals surface area contributed by atoms with Crippen LogP contribution >= 0.6 is 0 Å². The van der Waals surface area contributed by atoms with Crippen molar-refractivity contribution in [3.63, 3.8) is 0 Å². The Labute approximate surface area is 118 Å². The van der Waals surface area contributed by atoms with Gasteiger partial charge in [-0.2, -0.15) is 0 Å². The van der Waals surface area contributed by atoms with Crippen molar-refractivity contribution in [2.75, 3.05) is 19.6 Å². The molecule has 0 radical (unpaired) electrons. The molecule has 1 aliphatic heterocycles. The Kier molecular flexibility index (Phi) is 4.91. The van der Waals surface area contributed by atoms with E-state index in [1.807, 2.05) is 0 Å². The normalized spacial score (nSPS) is 31.4. The average molecular weight is 268 g/mol. The molecule has 112 valence electrons. The van der Waals surface area contributed by atoms with Gasteiger partial charge in [0.15, 0.2) is 0 Å². The number of hydrogen-bond donors (Lipinski definition) is 2. The monoisotopic (exact) mass is 268 g/mol. The second kappa shape index (κ2) is 6.11. The van der Waals surface area contributed by atoms with E-state index in [1.165, 1.54) is 25.8 Å². The summed E-state index contributed by atoms with van der Waals surface area (Å²) < 4.78 is 0. The topological polar surface area (TPSA) is 35.5 Å². The Bertz CT molecular complexity index is 283. The zero-order valence-corrected chi connectivity index (χ0v) is 13.2. The summed E-state index contributed by atoms with van der Waals surface area (Å²) in [5.41, 5.74) is 0.00785. The Morgan fingerprint density at radius 1 is 1.21 bits per heavy atom. The van der Waals surface area contributed by atoms with Crippen LogP contribution in [0.4, 0.5) is 0 Å². The largest absolute Gasteiger partial charge is 0.393 e. The van der Waals surface area contributed by atoms with Gasteiger partial charge in [-0.15, -0.1) is 0 Å². The zero-order chi connectivity index (χ0) is 14.0. The first-order valence-corrected chi connectivity index (χ1v) is 8.05. The van der Waals surface area contributed by atoms with Gasteiger partial charge in [-0.25, -0.2) is 0 Å². The molecule has 0 bridgehead atoms. The van der Waals surface area contributed by atoms with Gasteiger partial charge >= 0.3 is 0 Å². The van der Waals surface area contributed by atoms with E-state index < -0.39 is 0 Å². The minimum Gasteiger partial charge on any atom is -0.393 e. The fourth-order valence-corrected chi connectivity index (χ4v) is 3.11. The van der Waals surface area contributed by atoms with Crippen LogP contribution in [0.15, 0.2) is 0 Å². The van der Waals surface area contributed by atoms with Gasteiger partial charge in [-0.05, 0) is 43.6 Å². The number of nitrogens with zero attached hydrogens (tertiary/aromatic N) is 1. The van der Waals surface area contributed by atoms with Crippen molar-refractivity contribution in [3.8, 4) is 0 Å². The third-order valence-electron chi connectivity index (χ3n) is 4.67. The van der Waals surface area contributed by atoms with Crippen molar-refractivity contribution in [2.24, 2.45) is 11.3 Å². The molecular formula is C16H32N2O. The van der Waals surface area contributed by atoms with Crippen LogP contribution in [-0.4, -0.2) is 47.8 Å². The molecule has 1 saturated heterocycles. The van der Waals surface area contributed by atoms with E-state index in [0.29, 0.717) is 12.0 Å². The predicted molar refractivity (Wildman–Crippen MR) is 80.2 cm³/mol. The fraction of sp³-hybridized carbons (Fsp3) is 1.00. The summed E-state index contributed by atoms with van der Waals surface area (Å²) in [6.07, 6.45) is 4.72. The SMILES string of the molecule is CCN1CC(CC(O)C(C)(C)C)CC(NC2CC2)C1. The lowest BCUT2D eigenvalue weighted by Crippen LogP contribution is -2.50. The van der Waals surface area contributed by atoms with Crippen molar-refractivity contribution in [1.82, 2.24) is 10.2 Å². The Hall–Kier alpha value is -0.120. The van der Waals surface area contributed by atoms with Gasteiger partial charge in [-0.3, -0.25) is 0 Å². The van der Waals surface area contributed by atoms with Gasteiger partial charge < -0.3 is 15.3 Å². The maximum atomic E-state index is 10.3. The molecule has 3 unspecified atom stereocenters. The molecule has 2 N–H and O–H groups in total.